The Bertz CT molecular complexity index is 191. The Labute approximate surface area is 65.4 Å². The number of rotatable bonds is 1. The van der Waals surface area contributed by atoms with E-state index in [0.717, 1.165) is 13.0 Å². The number of amides is 1. The summed E-state index contributed by atoms with van der Waals surface area (Å²) in [5, 5.41) is 12.6. The molecule has 0 radical (unpaired) electrons. The summed E-state index contributed by atoms with van der Waals surface area (Å²) in [5.41, 5.74) is 0. The highest BCUT2D eigenvalue weighted by Crippen LogP contribution is 2.30. The highest BCUT2D eigenvalue weighted by Gasteiger charge is 2.45. The minimum atomic E-state index is -0.516. The first-order chi connectivity index (χ1) is 5.20. The number of hydrogen-bond donors (Lipinski definition) is 1. The lowest BCUT2D eigenvalue weighted by Gasteiger charge is -2.55. The molecule has 0 aromatic rings. The third-order valence-electron chi connectivity index (χ3n) is 2.40. The van der Waals surface area contributed by atoms with Crippen molar-refractivity contribution in [2.45, 2.75) is 32.0 Å². The number of aliphatic hydroxyl groups is 1. The first-order valence-electron chi connectivity index (χ1n) is 3.97. The second-order valence-electron chi connectivity index (χ2n) is 3.18. The molecule has 3 rings (SSSR count). The Morgan fingerprint density at radius 2 is 2.45 bits per heavy atom. The molecule has 0 spiro atoms. The van der Waals surface area contributed by atoms with Gasteiger partial charge in [0.1, 0.15) is 6.23 Å². The minimum absolute atomic E-state index is 0.147. The van der Waals surface area contributed by atoms with Crippen LogP contribution in [-0.2, 0) is 4.79 Å². The lowest BCUT2D eigenvalue weighted by Crippen LogP contribution is -2.71. The highest BCUT2D eigenvalue weighted by atomic mass is 16.3. The molecule has 4 heteroatoms. The van der Waals surface area contributed by atoms with Crippen LogP contribution in [-0.4, -0.2) is 39.8 Å². The van der Waals surface area contributed by atoms with Crippen LogP contribution in [0.3, 0.4) is 0 Å². The molecular weight excluding hydrogens is 144 g/mol. The summed E-state index contributed by atoms with van der Waals surface area (Å²) in [6.07, 6.45) is 1.03. The van der Waals surface area contributed by atoms with E-state index in [0.29, 0.717) is 12.5 Å². The molecule has 3 heterocycles. The van der Waals surface area contributed by atoms with Gasteiger partial charge in [-0.25, -0.2) is 0 Å². The van der Waals surface area contributed by atoms with Gasteiger partial charge in [0.2, 0.25) is 5.91 Å². The monoisotopic (exact) mass is 156 g/mol. The quantitative estimate of drug-likeness (QED) is 0.559. The normalized spacial score (nSPS) is 33.5. The molecule has 1 amide bonds. The fraction of sp³-hybridized carbons (Fsp3) is 0.857. The van der Waals surface area contributed by atoms with Gasteiger partial charge in [-0.2, -0.15) is 5.01 Å². The second kappa shape index (κ2) is 2.19. The van der Waals surface area contributed by atoms with Crippen molar-refractivity contribution in [3.05, 3.63) is 0 Å². The molecule has 4 nitrogen and oxygen atoms in total. The van der Waals surface area contributed by atoms with Crippen molar-refractivity contribution in [1.29, 1.82) is 0 Å². The van der Waals surface area contributed by atoms with Gasteiger partial charge in [0, 0.05) is 6.42 Å². The van der Waals surface area contributed by atoms with Gasteiger partial charge in [0.15, 0.2) is 0 Å². The maximum Gasteiger partial charge on any atom is 0.237 e. The van der Waals surface area contributed by atoms with Gasteiger partial charge in [0.05, 0.1) is 12.6 Å². The SMILES string of the molecule is CC(O)N1[C@@H]2CCC(=O)N1C2. The lowest BCUT2D eigenvalue weighted by atomic mass is 10.00. The van der Waals surface area contributed by atoms with Crippen LogP contribution in [0, 0.1) is 0 Å². The summed E-state index contributed by atoms with van der Waals surface area (Å²) in [4.78, 5) is 11.1. The van der Waals surface area contributed by atoms with E-state index in [1.165, 1.54) is 0 Å². The van der Waals surface area contributed by atoms with E-state index < -0.39 is 6.23 Å². The van der Waals surface area contributed by atoms with E-state index in [-0.39, 0.29) is 5.91 Å². The van der Waals surface area contributed by atoms with Crippen LogP contribution in [0.1, 0.15) is 19.8 Å². The van der Waals surface area contributed by atoms with Crippen LogP contribution in [0.4, 0.5) is 0 Å². The summed E-state index contributed by atoms with van der Waals surface area (Å²) in [6, 6.07) is 0.410. The lowest BCUT2D eigenvalue weighted by molar-refractivity contribution is -0.246. The summed E-state index contributed by atoms with van der Waals surface area (Å²) in [5.74, 6) is 0.147. The largest absolute Gasteiger partial charge is 0.377 e. The van der Waals surface area contributed by atoms with E-state index in [1.807, 2.05) is 0 Å². The van der Waals surface area contributed by atoms with Crippen LogP contribution in [0.15, 0.2) is 0 Å². The molecule has 3 aliphatic rings. The fourth-order valence-electron chi connectivity index (χ4n) is 1.86. The van der Waals surface area contributed by atoms with E-state index in [1.54, 1.807) is 16.9 Å². The number of hydrazine groups is 1. The number of carbonyl (C=O) groups is 1. The Morgan fingerprint density at radius 1 is 1.73 bits per heavy atom. The minimum Gasteiger partial charge on any atom is -0.377 e. The zero-order chi connectivity index (χ0) is 8.01. The molecule has 0 saturated carbocycles. The molecule has 62 valence electrons. The van der Waals surface area contributed by atoms with Crippen LogP contribution in [0.2, 0.25) is 0 Å². The Kier molecular flexibility index (Phi) is 1.40. The molecule has 0 aromatic carbocycles. The van der Waals surface area contributed by atoms with E-state index in [9.17, 15) is 9.90 Å². The summed E-state index contributed by atoms with van der Waals surface area (Å²) in [7, 11) is 0. The average molecular weight is 156 g/mol. The van der Waals surface area contributed by atoms with Crippen molar-refractivity contribution in [1.82, 2.24) is 10.0 Å². The third kappa shape index (κ3) is 0.862. The van der Waals surface area contributed by atoms with Crippen molar-refractivity contribution >= 4 is 5.91 Å². The maximum atomic E-state index is 11.1. The predicted octanol–water partition coefficient (Wildman–Crippen LogP) is -0.454. The summed E-state index contributed by atoms with van der Waals surface area (Å²) < 4.78 is 0. The van der Waals surface area contributed by atoms with Gasteiger partial charge < -0.3 is 5.11 Å². The van der Waals surface area contributed by atoms with Crippen molar-refractivity contribution in [3.8, 4) is 0 Å². The number of carbonyl (C=O) groups excluding carboxylic acids is 1. The Hall–Kier alpha value is -0.610. The number of fused-ring (bicyclic) bond motifs is 2. The molecule has 3 fully saturated rings. The van der Waals surface area contributed by atoms with Crippen LogP contribution < -0.4 is 0 Å². The molecule has 0 aliphatic carbocycles. The van der Waals surface area contributed by atoms with Gasteiger partial charge in [-0.05, 0) is 13.3 Å². The van der Waals surface area contributed by atoms with Crippen molar-refractivity contribution in [2.75, 3.05) is 6.54 Å². The number of nitrogens with zero attached hydrogens (tertiary/aromatic N) is 2. The van der Waals surface area contributed by atoms with Crippen molar-refractivity contribution in [3.63, 3.8) is 0 Å². The molecule has 0 aromatic heterocycles. The predicted molar refractivity (Wildman–Crippen MR) is 38.3 cm³/mol. The van der Waals surface area contributed by atoms with Crippen molar-refractivity contribution in [2.24, 2.45) is 0 Å². The Balaban J connectivity index is 2.09. The maximum absolute atomic E-state index is 11.1. The summed E-state index contributed by atoms with van der Waals surface area (Å²) in [6.45, 7) is 2.50. The van der Waals surface area contributed by atoms with E-state index in [4.69, 9.17) is 0 Å². The zero-order valence-electron chi connectivity index (χ0n) is 6.53. The van der Waals surface area contributed by atoms with Crippen LogP contribution in [0.5, 0.6) is 0 Å². The summed E-state index contributed by atoms with van der Waals surface area (Å²) >= 11 is 0. The van der Waals surface area contributed by atoms with Gasteiger partial charge in [0.25, 0.3) is 0 Å². The molecule has 2 atom stereocenters. The molecule has 11 heavy (non-hydrogen) atoms. The smallest absolute Gasteiger partial charge is 0.237 e. The molecule has 1 N–H and O–H groups in total. The van der Waals surface area contributed by atoms with Gasteiger partial charge in [-0.1, -0.05) is 0 Å². The van der Waals surface area contributed by atoms with Gasteiger partial charge in [-0.15, -0.1) is 0 Å². The molecule has 3 aliphatic heterocycles. The second-order valence-corrected chi connectivity index (χ2v) is 3.18. The highest BCUT2D eigenvalue weighted by molar-refractivity contribution is 5.78. The number of hydrogen-bond acceptors (Lipinski definition) is 3. The molecular formula is C7H12N2O2. The average Bonchev–Trinajstić information content (AvgIpc) is 1.84. The first kappa shape index (κ1) is 7.06. The topological polar surface area (TPSA) is 43.8 Å². The number of piperidine rings is 1. The van der Waals surface area contributed by atoms with E-state index >= 15 is 0 Å². The van der Waals surface area contributed by atoms with Crippen LogP contribution in [0.25, 0.3) is 0 Å². The Morgan fingerprint density at radius 3 is 2.82 bits per heavy atom. The molecule has 1 unspecified atom stereocenters. The third-order valence-corrected chi connectivity index (χ3v) is 2.40. The van der Waals surface area contributed by atoms with Gasteiger partial charge >= 0.3 is 0 Å². The van der Waals surface area contributed by atoms with Gasteiger partial charge in [-0.3, -0.25) is 9.80 Å². The molecule has 3 saturated heterocycles. The zero-order valence-corrected chi connectivity index (χ0v) is 6.53. The first-order valence-corrected chi connectivity index (χ1v) is 3.97. The van der Waals surface area contributed by atoms with Crippen molar-refractivity contribution < 1.29 is 9.90 Å². The number of aliphatic hydroxyl groups excluding tert-OH is 1. The van der Waals surface area contributed by atoms with E-state index in [2.05, 4.69) is 0 Å². The van der Waals surface area contributed by atoms with Crippen LogP contribution >= 0.6 is 0 Å². The fourth-order valence-corrected chi connectivity index (χ4v) is 1.86. The molecule has 2 bridgehead atoms. The standard InChI is InChI=1S/C7H12N2O2/c1-5(10)9-6-2-3-7(11)8(9)4-6/h5-6,10H,2-4H2,1H3/t5?,6-/m1/s1.